The lowest BCUT2D eigenvalue weighted by molar-refractivity contribution is -0.377. The number of anilines is 2. The molecular weight excluding hydrogens is 348 g/mol. The zero-order valence-corrected chi connectivity index (χ0v) is 13.8. The molecule has 1 aliphatic carbocycles. The molecule has 122 valence electrons. The van der Waals surface area contributed by atoms with Crippen molar-refractivity contribution in [2.45, 2.75) is 0 Å². The SMILES string of the molecule is O=C1CSC(=S)N1c1ccc(NN=C2C=CC(=[N+]([O-])[O-])C=C2)cc1. The van der Waals surface area contributed by atoms with Crippen LogP contribution in [0.1, 0.15) is 0 Å². The van der Waals surface area contributed by atoms with E-state index in [9.17, 15) is 15.2 Å². The van der Waals surface area contributed by atoms with Gasteiger partial charge in [-0.2, -0.15) is 10.0 Å². The number of rotatable bonds is 3. The Balaban J connectivity index is 1.67. The number of benzene rings is 1. The normalized spacial score (nSPS) is 16.8. The van der Waals surface area contributed by atoms with E-state index in [0.717, 1.165) is 11.4 Å². The minimum Gasteiger partial charge on any atom is -0.612 e. The van der Waals surface area contributed by atoms with Gasteiger partial charge in [-0.05, 0) is 36.4 Å². The average Bonchev–Trinajstić information content (AvgIpc) is 2.92. The maximum absolute atomic E-state index is 11.8. The van der Waals surface area contributed by atoms with Crippen LogP contribution in [0.25, 0.3) is 0 Å². The molecule has 1 saturated heterocycles. The average molecular weight is 359 g/mol. The van der Waals surface area contributed by atoms with Crippen LogP contribution in [0.2, 0.25) is 0 Å². The molecule has 0 atom stereocenters. The Labute approximate surface area is 147 Å². The van der Waals surface area contributed by atoms with Crippen LogP contribution < -0.4 is 10.3 Å². The zero-order valence-electron chi connectivity index (χ0n) is 12.2. The molecule has 7 nitrogen and oxygen atoms in total. The predicted octanol–water partition coefficient (Wildman–Crippen LogP) is 2.39. The lowest BCUT2D eigenvalue weighted by Crippen LogP contribution is -2.27. The van der Waals surface area contributed by atoms with Gasteiger partial charge < -0.3 is 10.4 Å². The van der Waals surface area contributed by atoms with Crippen molar-refractivity contribution < 1.29 is 9.70 Å². The molecule has 1 N–H and O–H groups in total. The summed E-state index contributed by atoms with van der Waals surface area (Å²) in [5.41, 5.74) is 4.89. The number of thioether (sulfide) groups is 1. The Morgan fingerprint density at radius 1 is 1.17 bits per heavy atom. The number of amides is 1. The maximum atomic E-state index is 11.8. The van der Waals surface area contributed by atoms with E-state index in [1.54, 1.807) is 36.4 Å². The van der Waals surface area contributed by atoms with Crippen molar-refractivity contribution in [1.29, 1.82) is 0 Å². The molecule has 0 unspecified atom stereocenters. The number of hydrazone groups is 1. The van der Waals surface area contributed by atoms with Gasteiger partial charge in [0.05, 0.1) is 22.8 Å². The first-order chi connectivity index (χ1) is 11.5. The van der Waals surface area contributed by atoms with E-state index >= 15 is 0 Å². The van der Waals surface area contributed by atoms with Gasteiger partial charge in [0.1, 0.15) is 4.32 Å². The molecular formula is C15H11N4O3S2-. The van der Waals surface area contributed by atoms with Crippen LogP contribution in [-0.2, 0) is 4.79 Å². The molecule has 0 bridgehead atoms. The molecule has 3 rings (SSSR count). The highest BCUT2D eigenvalue weighted by Gasteiger charge is 2.27. The topological polar surface area (TPSA) is 93.8 Å². The lowest BCUT2D eigenvalue weighted by atomic mass is 10.1. The van der Waals surface area contributed by atoms with E-state index in [1.807, 2.05) is 0 Å². The van der Waals surface area contributed by atoms with Crippen LogP contribution in [0.15, 0.2) is 53.7 Å². The fraction of sp³-hybridized carbons (Fsp3) is 0.0667. The van der Waals surface area contributed by atoms with Crippen molar-refractivity contribution >= 4 is 57.0 Å². The van der Waals surface area contributed by atoms with Crippen molar-refractivity contribution in [2.75, 3.05) is 16.1 Å². The van der Waals surface area contributed by atoms with Crippen LogP contribution >= 0.6 is 24.0 Å². The highest BCUT2D eigenvalue weighted by Crippen LogP contribution is 2.27. The Bertz CT molecular complexity index is 775. The molecule has 0 saturated carbocycles. The highest BCUT2D eigenvalue weighted by atomic mass is 32.2. The van der Waals surface area contributed by atoms with Gasteiger partial charge in [-0.15, -0.1) is 0 Å². The van der Waals surface area contributed by atoms with Gasteiger partial charge in [0.2, 0.25) is 11.6 Å². The van der Waals surface area contributed by atoms with E-state index in [0.29, 0.717) is 15.8 Å². The predicted molar refractivity (Wildman–Crippen MR) is 100 cm³/mol. The monoisotopic (exact) mass is 359 g/mol. The number of nitrogens with one attached hydrogen (secondary N) is 1. The first kappa shape index (κ1) is 16.2. The van der Waals surface area contributed by atoms with Crippen LogP contribution in [0, 0.1) is 10.4 Å². The summed E-state index contributed by atoms with van der Waals surface area (Å²) in [6.07, 6.45) is 5.89. The summed E-state index contributed by atoms with van der Waals surface area (Å²) in [5, 5.41) is 25.3. The second-order valence-corrected chi connectivity index (χ2v) is 6.44. The smallest absolute Gasteiger partial charge is 0.243 e. The molecule has 24 heavy (non-hydrogen) atoms. The van der Waals surface area contributed by atoms with Gasteiger partial charge in [0.25, 0.3) is 0 Å². The maximum Gasteiger partial charge on any atom is 0.243 e. The third-order valence-electron chi connectivity index (χ3n) is 3.25. The number of hydrogen-bond donors (Lipinski definition) is 1. The number of carbonyl (C=O) groups is 1. The third-order valence-corrected chi connectivity index (χ3v) is 4.61. The Morgan fingerprint density at radius 3 is 2.38 bits per heavy atom. The van der Waals surface area contributed by atoms with Crippen molar-refractivity contribution in [3.05, 3.63) is 59.0 Å². The molecule has 1 aliphatic heterocycles. The first-order valence-corrected chi connectivity index (χ1v) is 8.25. The van der Waals surface area contributed by atoms with Gasteiger partial charge in [0, 0.05) is 12.2 Å². The molecule has 1 heterocycles. The van der Waals surface area contributed by atoms with Crippen molar-refractivity contribution in [3.8, 4) is 0 Å². The van der Waals surface area contributed by atoms with Crippen molar-refractivity contribution in [3.63, 3.8) is 0 Å². The molecule has 0 spiro atoms. The standard InChI is InChI=1S/C15H11N4O3S2/c20-14-9-24-15(23)18(14)12-5-1-10(2-6-12)16-17-11-3-7-13(8-4-11)19(21)22/h1-8,16H,9H2/q-1. The first-order valence-electron chi connectivity index (χ1n) is 6.85. The molecule has 1 fully saturated rings. The summed E-state index contributed by atoms with van der Waals surface area (Å²) in [5.74, 6) is 0.343. The quantitative estimate of drug-likeness (QED) is 0.385. The molecule has 1 aromatic carbocycles. The van der Waals surface area contributed by atoms with Gasteiger partial charge >= 0.3 is 0 Å². The van der Waals surface area contributed by atoms with Gasteiger partial charge in [-0.3, -0.25) is 15.1 Å². The number of allylic oxidation sites excluding steroid dienone is 4. The lowest BCUT2D eigenvalue weighted by Gasteiger charge is -2.15. The third kappa shape index (κ3) is 3.47. The van der Waals surface area contributed by atoms with E-state index in [1.165, 1.54) is 28.8 Å². The summed E-state index contributed by atoms with van der Waals surface area (Å²) in [6.45, 7) is 0. The summed E-state index contributed by atoms with van der Waals surface area (Å²) >= 11 is 6.51. The second kappa shape index (κ2) is 6.85. The van der Waals surface area contributed by atoms with E-state index in [-0.39, 0.29) is 11.6 Å². The van der Waals surface area contributed by atoms with Crippen LogP contribution in [-0.4, -0.2) is 32.3 Å². The Kier molecular flexibility index (Phi) is 4.63. The number of thiocarbonyl (C=S) groups is 1. The summed E-state index contributed by atoms with van der Waals surface area (Å²) < 4.78 is 0.552. The summed E-state index contributed by atoms with van der Waals surface area (Å²) in [6, 6.07) is 7.12. The number of hydrogen-bond acceptors (Lipinski definition) is 7. The number of nitrogens with zero attached hydrogens (tertiary/aromatic N) is 3. The summed E-state index contributed by atoms with van der Waals surface area (Å²) in [7, 11) is 0. The van der Waals surface area contributed by atoms with Crippen LogP contribution in [0.4, 0.5) is 11.4 Å². The van der Waals surface area contributed by atoms with E-state index in [2.05, 4.69) is 10.5 Å². The van der Waals surface area contributed by atoms with Crippen LogP contribution in [0.3, 0.4) is 0 Å². The Morgan fingerprint density at radius 2 is 1.83 bits per heavy atom. The molecule has 2 aliphatic rings. The second-order valence-electron chi connectivity index (χ2n) is 4.83. The molecule has 1 aromatic rings. The molecule has 1 amide bonds. The zero-order chi connectivity index (χ0) is 17.1. The fourth-order valence-electron chi connectivity index (χ4n) is 2.07. The van der Waals surface area contributed by atoms with Crippen molar-refractivity contribution in [1.82, 2.24) is 0 Å². The Hall–Kier alpha value is -2.65. The largest absolute Gasteiger partial charge is 0.612 e. The van der Waals surface area contributed by atoms with Gasteiger partial charge in [-0.1, -0.05) is 24.0 Å². The number of carbonyl (C=O) groups excluding carboxylic acids is 1. The molecule has 0 radical (unpaired) electrons. The van der Waals surface area contributed by atoms with E-state index < -0.39 is 4.90 Å². The van der Waals surface area contributed by atoms with Gasteiger partial charge in [-0.25, -0.2) is 0 Å². The molecule has 9 heteroatoms. The minimum atomic E-state index is -0.460. The van der Waals surface area contributed by atoms with Crippen LogP contribution in [0.5, 0.6) is 0 Å². The molecule has 0 aromatic heterocycles. The highest BCUT2D eigenvalue weighted by molar-refractivity contribution is 8.24. The van der Waals surface area contributed by atoms with Crippen molar-refractivity contribution in [2.24, 2.45) is 5.10 Å². The summed E-state index contributed by atoms with van der Waals surface area (Å²) in [4.78, 5) is 12.8. The minimum absolute atomic E-state index is 0.0161. The van der Waals surface area contributed by atoms with E-state index in [4.69, 9.17) is 12.2 Å². The van der Waals surface area contributed by atoms with Gasteiger partial charge in [0.15, 0.2) is 0 Å². The fourth-order valence-corrected chi connectivity index (χ4v) is 3.16.